The zero-order chi connectivity index (χ0) is 30.4. The van der Waals surface area contributed by atoms with Crippen molar-refractivity contribution in [3.05, 3.63) is 65.7 Å². The van der Waals surface area contributed by atoms with Gasteiger partial charge < -0.3 is 25.0 Å². The molecule has 2 amide bonds. The molecule has 2 aromatic rings. The number of nitrogens with one attached hydrogen (secondary N) is 1. The number of urea groups is 1. The number of amides is 2. The molecule has 7 nitrogen and oxygen atoms in total. The zero-order valence-corrected chi connectivity index (χ0v) is 24.5. The number of hydrogen-bond donors (Lipinski definition) is 2. The van der Waals surface area contributed by atoms with Crippen molar-refractivity contribution in [1.82, 2.24) is 15.1 Å². The predicted octanol–water partition coefficient (Wildman–Crippen LogP) is 6.52. The number of benzene rings is 2. The summed E-state index contributed by atoms with van der Waals surface area (Å²) >= 11 is 0. The summed E-state index contributed by atoms with van der Waals surface area (Å²) in [5, 5.41) is 10.5. The average molecular weight is 592 g/mol. The number of carbonyl (C=O) groups excluding carboxylic acids is 1. The molecule has 0 atom stereocenters. The molecule has 2 fully saturated rings. The molecule has 0 spiro atoms. The maximum atomic E-state index is 13.2. The Bertz CT molecular complexity index is 1070. The largest absolute Gasteiger partial charge is 0.497 e. The average Bonchev–Trinajstić information content (AvgIpc) is 2.99. The SMILES string of the molecule is COc1ccc(CN(CCCN2CCC(Cc3ccccc3)CC2)C(=O)NC2CCCCC2)cc1.O=C(O)C(F)(F)F. The molecular formula is C32H44F3N3O4. The molecule has 1 aliphatic heterocycles. The second-order valence-electron chi connectivity index (χ2n) is 11.2. The molecule has 10 heteroatoms. The molecule has 0 bridgehead atoms. The molecule has 0 aromatic heterocycles. The van der Waals surface area contributed by atoms with Gasteiger partial charge in [-0.25, -0.2) is 9.59 Å². The summed E-state index contributed by atoms with van der Waals surface area (Å²) in [5.41, 5.74) is 2.61. The van der Waals surface area contributed by atoms with Crippen LogP contribution in [0, 0.1) is 5.92 Å². The van der Waals surface area contributed by atoms with E-state index in [0.29, 0.717) is 12.6 Å². The molecule has 232 valence electrons. The fourth-order valence-corrected chi connectivity index (χ4v) is 5.56. The number of aliphatic carboxylic acids is 1. The predicted molar refractivity (Wildman–Crippen MR) is 156 cm³/mol. The lowest BCUT2D eigenvalue weighted by Gasteiger charge is -2.33. The van der Waals surface area contributed by atoms with Crippen LogP contribution in [0.4, 0.5) is 18.0 Å². The van der Waals surface area contributed by atoms with Gasteiger partial charge in [-0.2, -0.15) is 13.2 Å². The first-order chi connectivity index (χ1) is 20.1. The molecule has 2 aliphatic rings. The summed E-state index contributed by atoms with van der Waals surface area (Å²) in [6, 6.07) is 19.4. The van der Waals surface area contributed by atoms with E-state index in [1.54, 1.807) is 7.11 Å². The van der Waals surface area contributed by atoms with Crippen LogP contribution in [0.5, 0.6) is 5.75 Å². The quantitative estimate of drug-likeness (QED) is 0.329. The van der Waals surface area contributed by atoms with Gasteiger partial charge in [0.2, 0.25) is 0 Å². The van der Waals surface area contributed by atoms with Crippen LogP contribution in [0.2, 0.25) is 0 Å². The van der Waals surface area contributed by atoms with E-state index in [2.05, 4.69) is 52.7 Å². The molecule has 1 aliphatic carbocycles. The smallest absolute Gasteiger partial charge is 0.490 e. The van der Waals surface area contributed by atoms with Crippen LogP contribution in [-0.2, 0) is 17.8 Å². The molecule has 42 heavy (non-hydrogen) atoms. The van der Waals surface area contributed by atoms with Crippen LogP contribution in [0.15, 0.2) is 54.6 Å². The Labute approximate surface area is 247 Å². The third-order valence-electron chi connectivity index (χ3n) is 7.97. The third kappa shape index (κ3) is 11.9. The summed E-state index contributed by atoms with van der Waals surface area (Å²) in [4.78, 5) is 26.7. The van der Waals surface area contributed by atoms with E-state index in [-0.39, 0.29) is 6.03 Å². The maximum absolute atomic E-state index is 13.2. The van der Waals surface area contributed by atoms with E-state index in [1.807, 2.05) is 17.0 Å². The van der Waals surface area contributed by atoms with Crippen molar-refractivity contribution in [2.45, 2.75) is 76.6 Å². The Morgan fingerprint density at radius 2 is 1.57 bits per heavy atom. The number of carbonyl (C=O) groups is 2. The number of carboxylic acid groups (broad SMARTS) is 1. The first-order valence-electron chi connectivity index (χ1n) is 14.9. The number of nitrogens with zero attached hydrogens (tertiary/aromatic N) is 2. The van der Waals surface area contributed by atoms with Gasteiger partial charge in [0, 0.05) is 19.1 Å². The highest BCUT2D eigenvalue weighted by Crippen LogP contribution is 2.22. The van der Waals surface area contributed by atoms with Gasteiger partial charge in [0.05, 0.1) is 7.11 Å². The van der Waals surface area contributed by atoms with Gasteiger partial charge in [-0.15, -0.1) is 0 Å². The molecule has 2 aromatic carbocycles. The lowest BCUT2D eigenvalue weighted by molar-refractivity contribution is -0.192. The minimum atomic E-state index is -5.08. The topological polar surface area (TPSA) is 82.1 Å². The molecule has 1 saturated carbocycles. The summed E-state index contributed by atoms with van der Waals surface area (Å²) in [6.07, 6.45) is 5.64. The lowest BCUT2D eigenvalue weighted by atomic mass is 9.90. The second-order valence-corrected chi connectivity index (χ2v) is 11.2. The van der Waals surface area contributed by atoms with Crippen molar-refractivity contribution in [1.29, 1.82) is 0 Å². The Morgan fingerprint density at radius 3 is 2.14 bits per heavy atom. The van der Waals surface area contributed by atoms with Gasteiger partial charge >= 0.3 is 18.2 Å². The van der Waals surface area contributed by atoms with Crippen molar-refractivity contribution >= 4 is 12.0 Å². The monoisotopic (exact) mass is 591 g/mol. The number of ether oxygens (including phenoxy) is 1. The van der Waals surface area contributed by atoms with Crippen molar-refractivity contribution < 1.29 is 32.6 Å². The highest BCUT2D eigenvalue weighted by molar-refractivity contribution is 5.74. The number of piperidine rings is 1. The zero-order valence-electron chi connectivity index (χ0n) is 24.5. The Morgan fingerprint density at radius 1 is 0.952 bits per heavy atom. The van der Waals surface area contributed by atoms with Crippen LogP contribution in [0.1, 0.15) is 62.5 Å². The van der Waals surface area contributed by atoms with E-state index in [1.165, 1.54) is 57.2 Å². The highest BCUT2D eigenvalue weighted by atomic mass is 19.4. The lowest BCUT2D eigenvalue weighted by Crippen LogP contribution is -2.46. The van der Waals surface area contributed by atoms with Crippen LogP contribution < -0.4 is 10.1 Å². The number of halogens is 3. The van der Waals surface area contributed by atoms with Gasteiger partial charge in [0.1, 0.15) is 5.75 Å². The molecule has 4 rings (SSSR count). The minimum Gasteiger partial charge on any atom is -0.497 e. The normalized spacial score (nSPS) is 16.7. The second kappa shape index (κ2) is 17.0. The highest BCUT2D eigenvalue weighted by Gasteiger charge is 2.38. The Hall–Kier alpha value is -3.27. The molecule has 2 N–H and O–H groups in total. The number of methoxy groups -OCH3 is 1. The maximum Gasteiger partial charge on any atom is 0.490 e. The Kier molecular flexibility index (Phi) is 13.4. The first-order valence-corrected chi connectivity index (χ1v) is 14.9. The number of likely N-dealkylation sites (tertiary alicyclic amines) is 1. The van der Waals surface area contributed by atoms with Gasteiger partial charge in [-0.3, -0.25) is 0 Å². The number of alkyl halides is 3. The van der Waals surface area contributed by atoms with E-state index in [0.717, 1.165) is 49.6 Å². The standard InChI is InChI=1S/C30H43N3O2.C2HF3O2/c1-35-29-15-13-27(14-16-29)24-33(30(34)31-28-11-6-3-7-12-28)20-8-19-32-21-17-26(18-22-32)23-25-9-4-2-5-10-25;3-2(4,5)1(6)7/h2,4-5,9-10,13-16,26,28H,3,6-8,11-12,17-24H2,1H3,(H,31,34);(H,6,7). The molecule has 0 unspecified atom stereocenters. The van der Waals surface area contributed by atoms with E-state index >= 15 is 0 Å². The fraction of sp³-hybridized carbons (Fsp3) is 0.562. The van der Waals surface area contributed by atoms with E-state index in [4.69, 9.17) is 14.6 Å². The van der Waals surface area contributed by atoms with Gasteiger partial charge in [0.15, 0.2) is 0 Å². The minimum absolute atomic E-state index is 0.0919. The van der Waals surface area contributed by atoms with E-state index < -0.39 is 12.1 Å². The number of rotatable bonds is 10. The number of carboxylic acids is 1. The third-order valence-corrected chi connectivity index (χ3v) is 7.97. The summed E-state index contributed by atoms with van der Waals surface area (Å²) in [5.74, 6) is -1.11. The fourth-order valence-electron chi connectivity index (χ4n) is 5.56. The van der Waals surface area contributed by atoms with Gasteiger partial charge in [-0.1, -0.05) is 61.7 Å². The number of hydrogen-bond acceptors (Lipinski definition) is 4. The van der Waals surface area contributed by atoms with Crippen molar-refractivity contribution in [2.24, 2.45) is 5.92 Å². The summed E-state index contributed by atoms with van der Waals surface area (Å²) < 4.78 is 37.0. The summed E-state index contributed by atoms with van der Waals surface area (Å²) in [6.45, 7) is 4.83. The molecule has 0 radical (unpaired) electrons. The Balaban J connectivity index is 0.000000616. The summed E-state index contributed by atoms with van der Waals surface area (Å²) in [7, 11) is 1.68. The van der Waals surface area contributed by atoms with Crippen LogP contribution in [-0.4, -0.2) is 72.4 Å². The van der Waals surface area contributed by atoms with E-state index in [9.17, 15) is 18.0 Å². The van der Waals surface area contributed by atoms with Crippen LogP contribution in [0.3, 0.4) is 0 Å². The molecule has 1 saturated heterocycles. The van der Waals surface area contributed by atoms with Crippen LogP contribution >= 0.6 is 0 Å². The molecule has 1 heterocycles. The van der Waals surface area contributed by atoms with Gasteiger partial charge in [0.25, 0.3) is 0 Å². The van der Waals surface area contributed by atoms with Crippen molar-refractivity contribution in [3.63, 3.8) is 0 Å². The van der Waals surface area contributed by atoms with Crippen molar-refractivity contribution in [3.8, 4) is 5.75 Å². The molecular weight excluding hydrogens is 547 g/mol. The van der Waals surface area contributed by atoms with Crippen molar-refractivity contribution in [2.75, 3.05) is 33.3 Å². The van der Waals surface area contributed by atoms with Gasteiger partial charge in [-0.05, 0) is 87.3 Å². The van der Waals surface area contributed by atoms with Crippen LogP contribution in [0.25, 0.3) is 0 Å². The first kappa shape index (κ1) is 33.2.